The summed E-state index contributed by atoms with van der Waals surface area (Å²) in [4.78, 5) is 21.5. The molecule has 1 aromatic rings. The standard InChI is InChI=1S/C22H33N5O/c1-23-22(25-18-11-14-26(15-12-18)19-8-9-19)24-13-4-7-21(28)27-16-10-17-5-2-3-6-20(17)27/h2-3,5-6,18-19H,4,7-16H2,1H3,(H2,23,24,25). The van der Waals surface area contributed by atoms with Crippen LogP contribution < -0.4 is 15.5 Å². The minimum atomic E-state index is 0.224. The van der Waals surface area contributed by atoms with E-state index in [0.29, 0.717) is 12.5 Å². The molecule has 152 valence electrons. The third-order valence-electron chi connectivity index (χ3n) is 6.21. The van der Waals surface area contributed by atoms with Gasteiger partial charge in [-0.25, -0.2) is 0 Å². The van der Waals surface area contributed by atoms with Gasteiger partial charge < -0.3 is 20.4 Å². The van der Waals surface area contributed by atoms with Crippen LogP contribution in [0.3, 0.4) is 0 Å². The van der Waals surface area contributed by atoms with Gasteiger partial charge in [0.05, 0.1) is 0 Å². The van der Waals surface area contributed by atoms with Crippen molar-refractivity contribution in [2.24, 2.45) is 4.99 Å². The second kappa shape index (κ2) is 8.95. The van der Waals surface area contributed by atoms with Crippen LogP contribution in [0.1, 0.15) is 44.1 Å². The summed E-state index contributed by atoms with van der Waals surface area (Å²) < 4.78 is 0. The molecule has 1 saturated heterocycles. The van der Waals surface area contributed by atoms with Crippen molar-refractivity contribution in [3.63, 3.8) is 0 Å². The minimum absolute atomic E-state index is 0.224. The van der Waals surface area contributed by atoms with Gasteiger partial charge in [0.1, 0.15) is 0 Å². The number of carbonyl (C=O) groups excluding carboxylic acids is 1. The Labute approximate surface area is 168 Å². The van der Waals surface area contributed by atoms with Gasteiger partial charge in [-0.2, -0.15) is 0 Å². The molecule has 0 radical (unpaired) electrons. The van der Waals surface area contributed by atoms with E-state index in [4.69, 9.17) is 0 Å². The first-order chi connectivity index (χ1) is 13.7. The van der Waals surface area contributed by atoms with Crippen LogP contribution in [0.25, 0.3) is 0 Å². The third kappa shape index (κ3) is 4.66. The fraction of sp³-hybridized carbons (Fsp3) is 0.636. The van der Waals surface area contributed by atoms with Crippen LogP contribution in [0, 0.1) is 0 Å². The largest absolute Gasteiger partial charge is 0.356 e. The van der Waals surface area contributed by atoms with Crippen LogP contribution in [0.4, 0.5) is 5.69 Å². The summed E-state index contributed by atoms with van der Waals surface area (Å²) in [5.74, 6) is 1.09. The van der Waals surface area contributed by atoms with Gasteiger partial charge in [0.15, 0.2) is 5.96 Å². The molecule has 3 aliphatic rings. The third-order valence-corrected chi connectivity index (χ3v) is 6.21. The molecule has 0 bridgehead atoms. The van der Waals surface area contributed by atoms with E-state index in [9.17, 15) is 4.79 Å². The molecule has 6 heteroatoms. The molecule has 1 amide bonds. The number of rotatable bonds is 6. The number of hydrogen-bond donors (Lipinski definition) is 2. The molecule has 28 heavy (non-hydrogen) atoms. The zero-order chi connectivity index (χ0) is 19.3. The number of guanidine groups is 1. The summed E-state index contributed by atoms with van der Waals surface area (Å²) in [6.45, 7) is 3.98. The first-order valence-corrected chi connectivity index (χ1v) is 10.8. The number of likely N-dealkylation sites (tertiary alicyclic amines) is 1. The van der Waals surface area contributed by atoms with E-state index in [0.717, 1.165) is 43.6 Å². The van der Waals surface area contributed by atoms with Gasteiger partial charge in [-0.05, 0) is 50.2 Å². The molecule has 4 rings (SSSR count). The zero-order valence-corrected chi connectivity index (χ0v) is 17.0. The Bertz CT molecular complexity index is 707. The van der Waals surface area contributed by atoms with E-state index < -0.39 is 0 Å². The lowest BCUT2D eigenvalue weighted by Crippen LogP contribution is -2.49. The molecule has 2 fully saturated rings. The summed E-state index contributed by atoms with van der Waals surface area (Å²) >= 11 is 0. The van der Waals surface area contributed by atoms with Crippen molar-refractivity contribution in [2.75, 3.05) is 38.1 Å². The molecular weight excluding hydrogens is 350 g/mol. The van der Waals surface area contributed by atoms with Gasteiger partial charge >= 0.3 is 0 Å². The van der Waals surface area contributed by atoms with E-state index >= 15 is 0 Å². The maximum Gasteiger partial charge on any atom is 0.227 e. The van der Waals surface area contributed by atoms with Crippen LogP contribution in [0.2, 0.25) is 0 Å². The van der Waals surface area contributed by atoms with Crippen molar-refractivity contribution in [1.29, 1.82) is 0 Å². The lowest BCUT2D eigenvalue weighted by Gasteiger charge is -2.33. The predicted octanol–water partition coefficient (Wildman–Crippen LogP) is 2.15. The molecule has 6 nitrogen and oxygen atoms in total. The van der Waals surface area contributed by atoms with Crippen LogP contribution in [0.5, 0.6) is 0 Å². The summed E-state index contributed by atoms with van der Waals surface area (Å²) in [7, 11) is 1.82. The quantitative estimate of drug-likeness (QED) is 0.449. The summed E-state index contributed by atoms with van der Waals surface area (Å²) in [6.07, 6.45) is 7.51. The molecule has 2 N–H and O–H groups in total. The van der Waals surface area contributed by atoms with Crippen LogP contribution in [-0.2, 0) is 11.2 Å². The second-order valence-corrected chi connectivity index (χ2v) is 8.21. The number of fused-ring (bicyclic) bond motifs is 1. The first kappa shape index (κ1) is 19.2. The zero-order valence-electron chi connectivity index (χ0n) is 17.0. The molecule has 0 spiro atoms. The summed E-state index contributed by atoms with van der Waals surface area (Å²) in [6, 6.07) is 9.61. The number of nitrogens with zero attached hydrogens (tertiary/aromatic N) is 3. The number of carbonyl (C=O) groups is 1. The van der Waals surface area contributed by atoms with Gasteiger partial charge in [0, 0.05) is 57.4 Å². The highest BCUT2D eigenvalue weighted by Gasteiger charge is 2.31. The molecule has 0 aromatic heterocycles. The van der Waals surface area contributed by atoms with Crippen LogP contribution >= 0.6 is 0 Å². The summed E-state index contributed by atoms with van der Waals surface area (Å²) in [5, 5.41) is 6.94. The number of para-hydroxylation sites is 1. The average Bonchev–Trinajstić information content (AvgIpc) is 3.49. The number of benzene rings is 1. The number of anilines is 1. The van der Waals surface area contributed by atoms with E-state index in [1.165, 1.54) is 44.3 Å². The highest BCUT2D eigenvalue weighted by molar-refractivity contribution is 5.95. The SMILES string of the molecule is CN=C(NCCCC(=O)N1CCc2ccccc21)NC1CCN(C2CC2)CC1. The Balaban J connectivity index is 1.15. The van der Waals surface area contributed by atoms with Crippen molar-refractivity contribution < 1.29 is 4.79 Å². The minimum Gasteiger partial charge on any atom is -0.356 e. The van der Waals surface area contributed by atoms with Gasteiger partial charge in [-0.3, -0.25) is 9.79 Å². The average molecular weight is 384 g/mol. The van der Waals surface area contributed by atoms with Crippen molar-refractivity contribution in [2.45, 2.75) is 57.0 Å². The molecule has 1 aliphatic carbocycles. The lowest BCUT2D eigenvalue weighted by molar-refractivity contribution is -0.118. The highest BCUT2D eigenvalue weighted by atomic mass is 16.2. The second-order valence-electron chi connectivity index (χ2n) is 8.21. The predicted molar refractivity (Wildman–Crippen MR) is 114 cm³/mol. The Hall–Kier alpha value is -2.08. The van der Waals surface area contributed by atoms with E-state index in [1.807, 2.05) is 24.1 Å². The van der Waals surface area contributed by atoms with Crippen LogP contribution in [-0.4, -0.2) is 62.1 Å². The molecule has 2 aliphatic heterocycles. The normalized spacial score (nSPS) is 20.9. The van der Waals surface area contributed by atoms with E-state index in [2.05, 4.69) is 32.7 Å². The smallest absolute Gasteiger partial charge is 0.227 e. The van der Waals surface area contributed by atoms with Crippen molar-refractivity contribution in [3.8, 4) is 0 Å². The number of hydrogen-bond acceptors (Lipinski definition) is 3. The van der Waals surface area contributed by atoms with E-state index in [-0.39, 0.29) is 5.91 Å². The van der Waals surface area contributed by atoms with Gasteiger partial charge in [-0.15, -0.1) is 0 Å². The topological polar surface area (TPSA) is 60.0 Å². The molecule has 1 saturated carbocycles. The Morgan fingerprint density at radius 2 is 1.93 bits per heavy atom. The maximum atomic E-state index is 12.6. The number of aliphatic imine (C=N–C) groups is 1. The Morgan fingerprint density at radius 1 is 1.14 bits per heavy atom. The summed E-state index contributed by atoms with van der Waals surface area (Å²) in [5.41, 5.74) is 2.38. The monoisotopic (exact) mass is 383 g/mol. The molecule has 0 unspecified atom stereocenters. The number of amides is 1. The molecule has 1 aromatic carbocycles. The lowest BCUT2D eigenvalue weighted by atomic mass is 10.1. The Morgan fingerprint density at radius 3 is 2.68 bits per heavy atom. The van der Waals surface area contributed by atoms with Crippen molar-refractivity contribution >= 4 is 17.6 Å². The number of piperidine rings is 1. The van der Waals surface area contributed by atoms with Gasteiger partial charge in [0.25, 0.3) is 0 Å². The molecule has 2 heterocycles. The first-order valence-electron chi connectivity index (χ1n) is 10.8. The van der Waals surface area contributed by atoms with Crippen molar-refractivity contribution in [3.05, 3.63) is 29.8 Å². The molecular formula is C22H33N5O. The fourth-order valence-corrected chi connectivity index (χ4v) is 4.42. The van der Waals surface area contributed by atoms with Crippen molar-refractivity contribution in [1.82, 2.24) is 15.5 Å². The highest BCUT2D eigenvalue weighted by Crippen LogP contribution is 2.29. The van der Waals surface area contributed by atoms with E-state index in [1.54, 1.807) is 0 Å². The van der Waals surface area contributed by atoms with Gasteiger partial charge in [0.2, 0.25) is 5.91 Å². The number of nitrogens with one attached hydrogen (secondary N) is 2. The Kier molecular flexibility index (Phi) is 6.15. The maximum absolute atomic E-state index is 12.6. The van der Waals surface area contributed by atoms with Gasteiger partial charge in [-0.1, -0.05) is 18.2 Å². The van der Waals surface area contributed by atoms with Crippen LogP contribution in [0.15, 0.2) is 29.3 Å². The fourth-order valence-electron chi connectivity index (χ4n) is 4.42. The molecule has 0 atom stereocenters.